The number of thioether (sulfide) groups is 1. The van der Waals surface area contributed by atoms with Crippen molar-refractivity contribution in [2.24, 2.45) is 5.84 Å². The van der Waals surface area contributed by atoms with Gasteiger partial charge in [0.05, 0.1) is 12.2 Å². The number of nitrogens with zero attached hydrogens (tertiary/aromatic N) is 3. The van der Waals surface area contributed by atoms with E-state index >= 15 is 0 Å². The molecule has 3 aromatic rings. The number of phenolic OH excluding ortho intramolecular Hbond substituents is 1. The van der Waals surface area contributed by atoms with E-state index in [1.165, 1.54) is 10.9 Å². The number of rotatable bonds is 10. The van der Waals surface area contributed by atoms with Crippen LogP contribution in [0.25, 0.3) is 16.7 Å². The lowest BCUT2D eigenvalue weighted by Crippen LogP contribution is -2.46. The summed E-state index contributed by atoms with van der Waals surface area (Å²) in [6.07, 6.45) is 1.69. The third kappa shape index (κ3) is 5.83. The highest BCUT2D eigenvalue weighted by atomic mass is 32.2. The number of nitrogens with two attached hydrogens (primary N) is 1. The van der Waals surface area contributed by atoms with Crippen molar-refractivity contribution in [1.29, 1.82) is 0 Å². The number of esters is 1. The van der Waals surface area contributed by atoms with Gasteiger partial charge in [-0.2, -0.15) is 0 Å². The lowest BCUT2D eigenvalue weighted by molar-refractivity contribution is -0.128. The Hall–Kier alpha value is -3.64. The molecule has 180 valence electrons. The van der Waals surface area contributed by atoms with Gasteiger partial charge in [0.15, 0.2) is 5.25 Å². The number of fused-ring (bicyclic) bond motifs is 1. The summed E-state index contributed by atoms with van der Waals surface area (Å²) in [5.41, 5.74) is 3.61. The number of nitrogens with one attached hydrogen (secondary N) is 2. The van der Waals surface area contributed by atoms with E-state index in [4.69, 9.17) is 10.6 Å². The summed E-state index contributed by atoms with van der Waals surface area (Å²) < 4.78 is 5.00. The van der Waals surface area contributed by atoms with Crippen molar-refractivity contribution in [3.63, 3.8) is 0 Å². The van der Waals surface area contributed by atoms with Crippen LogP contribution in [0, 0.1) is 0 Å². The number of aromatic nitrogens is 3. The zero-order valence-corrected chi connectivity index (χ0v) is 19.6. The Bertz CT molecular complexity index is 1200. The molecule has 1 heterocycles. The predicted molar refractivity (Wildman–Crippen MR) is 126 cm³/mol. The van der Waals surface area contributed by atoms with Gasteiger partial charge in [-0.15, -0.1) is 26.8 Å². The standard InChI is InChI=1S/C22H26N6O5S/c1-3-5-10-24-20(30)19(21(31)25-23)34-14-7-9-17(18(29)12-14)28-26-15-8-6-13(11-16(15)27-28)22(32)33-4-2/h6-9,11-12,19,29H,3-5,10,23H2,1-2H3,(H,24,30)(H,25,31). The van der Waals surface area contributed by atoms with Gasteiger partial charge in [0.1, 0.15) is 22.5 Å². The summed E-state index contributed by atoms with van der Waals surface area (Å²) in [5, 5.41) is 20.8. The fraction of sp³-hybridized carbons (Fsp3) is 0.318. The van der Waals surface area contributed by atoms with Gasteiger partial charge in [0, 0.05) is 11.4 Å². The van der Waals surface area contributed by atoms with Crippen molar-refractivity contribution in [2.75, 3.05) is 13.2 Å². The zero-order valence-electron chi connectivity index (χ0n) is 18.8. The molecule has 0 aliphatic heterocycles. The van der Waals surface area contributed by atoms with Crippen molar-refractivity contribution in [3.05, 3.63) is 42.0 Å². The van der Waals surface area contributed by atoms with E-state index in [-0.39, 0.29) is 18.0 Å². The van der Waals surface area contributed by atoms with Crippen LogP contribution in [-0.4, -0.2) is 56.3 Å². The van der Waals surface area contributed by atoms with Crippen molar-refractivity contribution in [3.8, 4) is 11.4 Å². The lowest BCUT2D eigenvalue weighted by Gasteiger charge is -2.15. The number of unbranched alkanes of at least 4 members (excludes halogenated alkanes) is 1. The molecule has 2 amide bonds. The minimum absolute atomic E-state index is 0.158. The van der Waals surface area contributed by atoms with Gasteiger partial charge in [-0.05, 0) is 49.7 Å². The van der Waals surface area contributed by atoms with Crippen molar-refractivity contribution < 1.29 is 24.2 Å². The molecule has 5 N–H and O–H groups in total. The quantitative estimate of drug-likeness (QED) is 0.0635. The van der Waals surface area contributed by atoms with Crippen molar-refractivity contribution in [2.45, 2.75) is 36.8 Å². The number of benzene rings is 2. The smallest absolute Gasteiger partial charge is 0.338 e. The van der Waals surface area contributed by atoms with E-state index in [2.05, 4.69) is 15.5 Å². The van der Waals surface area contributed by atoms with Crippen LogP contribution < -0.4 is 16.6 Å². The van der Waals surface area contributed by atoms with Crippen LogP contribution in [0.15, 0.2) is 41.3 Å². The minimum Gasteiger partial charge on any atom is -0.506 e. The Balaban J connectivity index is 1.82. The summed E-state index contributed by atoms with van der Waals surface area (Å²) in [5.74, 6) is 3.50. The van der Waals surface area contributed by atoms with Crippen LogP contribution >= 0.6 is 11.8 Å². The molecule has 0 saturated carbocycles. The molecule has 0 spiro atoms. The molecule has 11 nitrogen and oxygen atoms in total. The Labute approximate surface area is 200 Å². The molecule has 0 aliphatic carbocycles. The number of ether oxygens (including phenoxy) is 1. The number of phenols is 1. The van der Waals surface area contributed by atoms with Crippen LogP contribution in [0.1, 0.15) is 37.0 Å². The van der Waals surface area contributed by atoms with Crippen LogP contribution in [0.3, 0.4) is 0 Å². The highest BCUT2D eigenvalue weighted by Gasteiger charge is 2.27. The molecule has 3 rings (SSSR count). The number of carbonyl (C=O) groups excluding carboxylic acids is 3. The Morgan fingerprint density at radius 1 is 1.12 bits per heavy atom. The molecule has 2 aromatic carbocycles. The molecule has 12 heteroatoms. The first kappa shape index (κ1) is 25.0. The maximum Gasteiger partial charge on any atom is 0.338 e. The third-order valence-electron chi connectivity index (χ3n) is 4.76. The average Bonchev–Trinajstić information content (AvgIpc) is 3.25. The second-order valence-corrected chi connectivity index (χ2v) is 8.39. The Kier molecular flexibility index (Phi) is 8.44. The number of hydrogen-bond acceptors (Lipinski definition) is 9. The number of hydrazine groups is 1. The third-order valence-corrected chi connectivity index (χ3v) is 5.95. The highest BCUT2D eigenvalue weighted by molar-refractivity contribution is 8.01. The average molecular weight is 487 g/mol. The van der Waals surface area contributed by atoms with E-state index in [0.717, 1.165) is 24.6 Å². The minimum atomic E-state index is -1.13. The highest BCUT2D eigenvalue weighted by Crippen LogP contribution is 2.31. The normalized spacial score (nSPS) is 11.7. The van der Waals surface area contributed by atoms with E-state index < -0.39 is 23.0 Å². The summed E-state index contributed by atoms with van der Waals surface area (Å²) >= 11 is 0.955. The molecule has 34 heavy (non-hydrogen) atoms. The van der Waals surface area contributed by atoms with Gasteiger partial charge in [0.2, 0.25) is 5.91 Å². The van der Waals surface area contributed by atoms with Gasteiger partial charge < -0.3 is 15.2 Å². The SMILES string of the molecule is CCCCNC(=O)C(Sc1ccc(-n2nc3ccc(C(=O)OCC)cc3n2)c(O)c1)C(=O)NN. The fourth-order valence-corrected chi connectivity index (χ4v) is 3.99. The van der Waals surface area contributed by atoms with E-state index in [1.807, 2.05) is 12.3 Å². The predicted octanol–water partition coefficient (Wildman–Crippen LogP) is 1.67. The topological polar surface area (TPSA) is 161 Å². The first-order valence-corrected chi connectivity index (χ1v) is 11.6. The van der Waals surface area contributed by atoms with E-state index in [9.17, 15) is 19.5 Å². The fourth-order valence-electron chi connectivity index (χ4n) is 3.03. The molecule has 0 fully saturated rings. The molecule has 1 unspecified atom stereocenters. The largest absolute Gasteiger partial charge is 0.506 e. The summed E-state index contributed by atoms with van der Waals surface area (Å²) in [4.78, 5) is 38.3. The van der Waals surface area contributed by atoms with Gasteiger partial charge in [-0.25, -0.2) is 10.6 Å². The summed E-state index contributed by atoms with van der Waals surface area (Å²) in [7, 11) is 0. The molecule has 0 saturated heterocycles. The molecule has 1 atom stereocenters. The van der Waals surface area contributed by atoms with Crippen LogP contribution in [0.5, 0.6) is 5.75 Å². The van der Waals surface area contributed by atoms with Crippen LogP contribution in [0.4, 0.5) is 0 Å². The van der Waals surface area contributed by atoms with Gasteiger partial charge in [-0.3, -0.25) is 15.0 Å². The second kappa shape index (κ2) is 11.5. The number of amides is 2. The van der Waals surface area contributed by atoms with E-state index in [0.29, 0.717) is 28.0 Å². The second-order valence-electron chi connectivity index (χ2n) is 7.21. The molecule has 0 radical (unpaired) electrons. The van der Waals surface area contributed by atoms with E-state index in [1.54, 1.807) is 37.3 Å². The molecule has 0 aliphatic rings. The number of hydrogen-bond donors (Lipinski definition) is 4. The molecular weight excluding hydrogens is 460 g/mol. The van der Waals surface area contributed by atoms with Crippen molar-refractivity contribution >= 4 is 40.6 Å². The zero-order chi connectivity index (χ0) is 24.7. The number of carbonyl (C=O) groups is 3. The first-order valence-electron chi connectivity index (χ1n) is 10.7. The van der Waals surface area contributed by atoms with Crippen LogP contribution in [-0.2, 0) is 14.3 Å². The number of aromatic hydroxyl groups is 1. The van der Waals surface area contributed by atoms with Gasteiger partial charge in [0.25, 0.3) is 5.91 Å². The maximum absolute atomic E-state index is 12.4. The lowest BCUT2D eigenvalue weighted by atomic mass is 10.2. The monoisotopic (exact) mass is 486 g/mol. The van der Waals surface area contributed by atoms with Crippen LogP contribution in [0.2, 0.25) is 0 Å². The van der Waals surface area contributed by atoms with Gasteiger partial charge in [-0.1, -0.05) is 13.3 Å². The first-order chi connectivity index (χ1) is 16.4. The summed E-state index contributed by atoms with van der Waals surface area (Å²) in [6, 6.07) is 9.40. The molecular formula is C22H26N6O5S. The molecule has 0 bridgehead atoms. The van der Waals surface area contributed by atoms with Gasteiger partial charge >= 0.3 is 5.97 Å². The molecule has 1 aromatic heterocycles. The maximum atomic E-state index is 12.4. The summed E-state index contributed by atoms with van der Waals surface area (Å²) in [6.45, 7) is 4.42. The Morgan fingerprint density at radius 3 is 2.56 bits per heavy atom. The Morgan fingerprint density at radius 2 is 1.88 bits per heavy atom. The van der Waals surface area contributed by atoms with Crippen molar-refractivity contribution in [1.82, 2.24) is 25.7 Å².